The van der Waals surface area contributed by atoms with Gasteiger partial charge in [-0.3, -0.25) is 0 Å². The molecule has 2 aromatic carbocycles. The fourth-order valence-electron chi connectivity index (χ4n) is 2.45. The number of sulfonamides is 1. The van der Waals surface area contributed by atoms with Crippen molar-refractivity contribution in [3.63, 3.8) is 0 Å². The number of hydrogen-bond acceptors (Lipinski definition) is 3. The standard InChI is InChI=1S/C19H18N2O2S/c1-15-10-12-17(13-11-15)19(16-7-3-2-4-8-16)21-24(22,23)18-9-5-6-14-20-18/h2-14,19,21H,1H3/t19-/m0/s1. The zero-order valence-electron chi connectivity index (χ0n) is 13.3. The highest BCUT2D eigenvalue weighted by atomic mass is 32.2. The van der Waals surface area contributed by atoms with Crippen LogP contribution in [-0.4, -0.2) is 13.4 Å². The van der Waals surface area contributed by atoms with Crippen LogP contribution in [-0.2, 0) is 10.0 Å². The van der Waals surface area contributed by atoms with E-state index in [0.717, 1.165) is 16.7 Å². The predicted octanol–water partition coefficient (Wildman–Crippen LogP) is 3.46. The van der Waals surface area contributed by atoms with Crippen molar-refractivity contribution >= 4 is 10.0 Å². The highest BCUT2D eigenvalue weighted by Crippen LogP contribution is 2.24. The van der Waals surface area contributed by atoms with Crippen LogP contribution in [0.4, 0.5) is 0 Å². The quantitative estimate of drug-likeness (QED) is 0.775. The molecule has 0 aliphatic rings. The van der Waals surface area contributed by atoms with E-state index in [1.165, 1.54) is 12.3 Å². The number of aryl methyl sites for hydroxylation is 1. The highest BCUT2D eigenvalue weighted by Gasteiger charge is 2.23. The summed E-state index contributed by atoms with van der Waals surface area (Å²) in [5.41, 5.74) is 2.88. The molecule has 0 unspecified atom stereocenters. The minimum atomic E-state index is -3.73. The van der Waals surface area contributed by atoms with Gasteiger partial charge >= 0.3 is 0 Å². The maximum Gasteiger partial charge on any atom is 0.258 e. The molecule has 5 heteroatoms. The van der Waals surface area contributed by atoms with Crippen LogP contribution in [0.3, 0.4) is 0 Å². The van der Waals surface area contributed by atoms with Gasteiger partial charge < -0.3 is 0 Å². The molecule has 0 spiro atoms. The second kappa shape index (κ2) is 6.95. The Labute approximate surface area is 142 Å². The topological polar surface area (TPSA) is 59.1 Å². The Hall–Kier alpha value is -2.50. The molecule has 0 fully saturated rings. The smallest absolute Gasteiger partial charge is 0.243 e. The molecule has 4 nitrogen and oxygen atoms in total. The van der Waals surface area contributed by atoms with Crippen molar-refractivity contribution < 1.29 is 8.42 Å². The van der Waals surface area contributed by atoms with Crippen LogP contribution >= 0.6 is 0 Å². The molecule has 1 N–H and O–H groups in total. The summed E-state index contributed by atoms with van der Waals surface area (Å²) in [4.78, 5) is 3.95. The van der Waals surface area contributed by atoms with E-state index in [-0.39, 0.29) is 5.03 Å². The van der Waals surface area contributed by atoms with E-state index in [0.29, 0.717) is 0 Å². The van der Waals surface area contributed by atoms with Crippen LogP contribution < -0.4 is 4.72 Å². The Morgan fingerprint density at radius 2 is 1.46 bits per heavy atom. The first-order chi connectivity index (χ1) is 11.6. The molecule has 3 rings (SSSR count). The average Bonchev–Trinajstić information content (AvgIpc) is 2.62. The lowest BCUT2D eigenvalue weighted by atomic mass is 9.99. The minimum Gasteiger partial charge on any atom is -0.243 e. The van der Waals surface area contributed by atoms with Gasteiger partial charge in [-0.05, 0) is 30.2 Å². The lowest BCUT2D eigenvalue weighted by Gasteiger charge is -2.19. The lowest BCUT2D eigenvalue weighted by Crippen LogP contribution is -2.30. The van der Waals surface area contributed by atoms with Gasteiger partial charge in [-0.15, -0.1) is 0 Å². The largest absolute Gasteiger partial charge is 0.258 e. The van der Waals surface area contributed by atoms with Crippen molar-refractivity contribution in [2.45, 2.75) is 18.0 Å². The summed E-state index contributed by atoms with van der Waals surface area (Å²) in [5.74, 6) is 0. The number of benzene rings is 2. The summed E-state index contributed by atoms with van der Waals surface area (Å²) in [6, 6.07) is 21.7. The Kier molecular flexibility index (Phi) is 4.74. The molecule has 0 saturated heterocycles. The molecule has 3 aromatic rings. The van der Waals surface area contributed by atoms with Crippen molar-refractivity contribution in [3.05, 3.63) is 95.7 Å². The van der Waals surface area contributed by atoms with Gasteiger partial charge in [-0.2, -0.15) is 4.72 Å². The van der Waals surface area contributed by atoms with E-state index in [1.54, 1.807) is 12.1 Å². The summed E-state index contributed by atoms with van der Waals surface area (Å²) in [7, 11) is -3.73. The Bertz CT molecular complexity index is 893. The predicted molar refractivity (Wildman–Crippen MR) is 94.0 cm³/mol. The van der Waals surface area contributed by atoms with Gasteiger partial charge in [0.05, 0.1) is 6.04 Å². The lowest BCUT2D eigenvalue weighted by molar-refractivity contribution is 0.568. The maximum atomic E-state index is 12.7. The van der Waals surface area contributed by atoms with Gasteiger partial charge in [0.25, 0.3) is 10.0 Å². The molecular formula is C19H18N2O2S. The molecular weight excluding hydrogens is 320 g/mol. The first-order valence-corrected chi connectivity index (χ1v) is 9.09. The molecule has 0 radical (unpaired) electrons. The Morgan fingerprint density at radius 3 is 2.08 bits per heavy atom. The summed E-state index contributed by atoms with van der Waals surface area (Å²) < 4.78 is 28.1. The number of pyridine rings is 1. The second-order valence-electron chi connectivity index (χ2n) is 5.54. The van der Waals surface area contributed by atoms with Crippen molar-refractivity contribution in [3.8, 4) is 0 Å². The van der Waals surface area contributed by atoms with Crippen LogP contribution in [0, 0.1) is 6.92 Å². The molecule has 0 aliphatic carbocycles. The average molecular weight is 338 g/mol. The summed E-state index contributed by atoms with van der Waals surface area (Å²) in [6.07, 6.45) is 1.47. The number of nitrogens with zero attached hydrogens (tertiary/aromatic N) is 1. The fourth-order valence-corrected chi connectivity index (χ4v) is 3.62. The molecule has 0 bridgehead atoms. The van der Waals surface area contributed by atoms with Gasteiger partial charge in [0.15, 0.2) is 5.03 Å². The van der Waals surface area contributed by atoms with E-state index >= 15 is 0 Å². The third-order valence-corrected chi connectivity index (χ3v) is 5.07. The fraction of sp³-hybridized carbons (Fsp3) is 0.105. The van der Waals surface area contributed by atoms with E-state index in [9.17, 15) is 8.42 Å². The van der Waals surface area contributed by atoms with Crippen LogP contribution in [0.25, 0.3) is 0 Å². The summed E-state index contributed by atoms with van der Waals surface area (Å²) >= 11 is 0. The zero-order valence-corrected chi connectivity index (χ0v) is 14.1. The summed E-state index contributed by atoms with van der Waals surface area (Å²) in [5, 5.41) is 0.0121. The van der Waals surface area contributed by atoms with Gasteiger partial charge in [0, 0.05) is 6.20 Å². The molecule has 1 atom stereocenters. The normalized spacial score (nSPS) is 12.7. The van der Waals surface area contributed by atoms with Gasteiger partial charge in [0.2, 0.25) is 0 Å². The molecule has 0 amide bonds. The minimum absolute atomic E-state index is 0.0121. The van der Waals surface area contributed by atoms with Crippen LogP contribution in [0.2, 0.25) is 0 Å². The zero-order chi connectivity index (χ0) is 17.0. The van der Waals surface area contributed by atoms with Crippen LogP contribution in [0.15, 0.2) is 84.0 Å². The molecule has 122 valence electrons. The van der Waals surface area contributed by atoms with Gasteiger partial charge in [-0.1, -0.05) is 66.2 Å². The third-order valence-electron chi connectivity index (χ3n) is 3.73. The van der Waals surface area contributed by atoms with Crippen LogP contribution in [0.5, 0.6) is 0 Å². The first-order valence-electron chi connectivity index (χ1n) is 7.61. The summed E-state index contributed by atoms with van der Waals surface area (Å²) in [6.45, 7) is 2.00. The van der Waals surface area contributed by atoms with Gasteiger partial charge in [0.1, 0.15) is 0 Å². The number of rotatable bonds is 5. The number of hydrogen-bond donors (Lipinski definition) is 1. The number of aromatic nitrogens is 1. The Morgan fingerprint density at radius 1 is 0.833 bits per heavy atom. The van der Waals surface area contributed by atoms with Crippen molar-refractivity contribution in [2.24, 2.45) is 0 Å². The monoisotopic (exact) mass is 338 g/mol. The number of nitrogens with one attached hydrogen (secondary N) is 1. The van der Waals surface area contributed by atoms with E-state index in [4.69, 9.17) is 0 Å². The molecule has 24 heavy (non-hydrogen) atoms. The van der Waals surface area contributed by atoms with E-state index in [2.05, 4.69) is 9.71 Å². The molecule has 1 aromatic heterocycles. The molecule has 0 saturated carbocycles. The van der Waals surface area contributed by atoms with E-state index in [1.807, 2.05) is 61.5 Å². The SMILES string of the molecule is Cc1ccc([C@@H](NS(=O)(=O)c2ccccn2)c2ccccc2)cc1. The first kappa shape index (κ1) is 16.4. The van der Waals surface area contributed by atoms with Crippen molar-refractivity contribution in [2.75, 3.05) is 0 Å². The van der Waals surface area contributed by atoms with Gasteiger partial charge in [-0.25, -0.2) is 13.4 Å². The second-order valence-corrected chi connectivity index (χ2v) is 7.20. The Balaban J connectivity index is 2.01. The third kappa shape index (κ3) is 3.69. The molecule has 1 heterocycles. The van der Waals surface area contributed by atoms with E-state index < -0.39 is 16.1 Å². The van der Waals surface area contributed by atoms with Crippen molar-refractivity contribution in [1.29, 1.82) is 0 Å². The highest BCUT2D eigenvalue weighted by molar-refractivity contribution is 7.89. The van der Waals surface area contributed by atoms with Crippen LogP contribution in [0.1, 0.15) is 22.7 Å². The molecule has 0 aliphatic heterocycles. The van der Waals surface area contributed by atoms with Crippen molar-refractivity contribution in [1.82, 2.24) is 9.71 Å². The maximum absolute atomic E-state index is 12.7.